The van der Waals surface area contributed by atoms with Gasteiger partial charge < -0.3 is 4.90 Å². The van der Waals surface area contributed by atoms with E-state index in [0.29, 0.717) is 0 Å². The minimum absolute atomic E-state index is 0.130. The van der Waals surface area contributed by atoms with Crippen LogP contribution < -0.4 is 0 Å². The van der Waals surface area contributed by atoms with Gasteiger partial charge in [-0.15, -0.1) is 0 Å². The van der Waals surface area contributed by atoms with Gasteiger partial charge in [0.25, 0.3) is 5.91 Å². The van der Waals surface area contributed by atoms with Gasteiger partial charge in [-0.05, 0) is 0 Å². The number of carbonyl (C=O) groups is 1. The van der Waals surface area contributed by atoms with Crippen molar-refractivity contribution in [1.29, 1.82) is 5.41 Å². The second-order valence-electron chi connectivity index (χ2n) is 3.22. The molecule has 2 fully saturated rings. The monoisotopic (exact) mass is 171 g/mol. The molecule has 0 aromatic rings. The van der Waals surface area contributed by atoms with Crippen molar-refractivity contribution in [1.82, 2.24) is 9.80 Å². The zero-order valence-electron chi connectivity index (χ0n) is 6.75. The molecule has 0 spiro atoms. The van der Waals surface area contributed by atoms with Crippen LogP contribution in [0.15, 0.2) is 0 Å². The Morgan fingerprint density at radius 3 is 2.92 bits per heavy atom. The van der Waals surface area contributed by atoms with E-state index < -0.39 is 12.2 Å². The Labute approximate surface area is 69.4 Å². The Morgan fingerprint density at radius 2 is 2.33 bits per heavy atom. The molecule has 0 saturated carbocycles. The van der Waals surface area contributed by atoms with Gasteiger partial charge in [0.05, 0.1) is 6.54 Å². The fourth-order valence-electron chi connectivity index (χ4n) is 1.77. The van der Waals surface area contributed by atoms with Crippen LogP contribution in [0.1, 0.15) is 6.42 Å². The van der Waals surface area contributed by atoms with Crippen LogP contribution in [0.3, 0.4) is 0 Å². The second kappa shape index (κ2) is 2.18. The zero-order chi connectivity index (χ0) is 8.88. The molecule has 2 saturated heterocycles. The first-order valence-electron chi connectivity index (χ1n) is 3.88. The van der Waals surface area contributed by atoms with Gasteiger partial charge in [0.15, 0.2) is 0 Å². The summed E-state index contributed by atoms with van der Waals surface area (Å²) in [6.45, 7) is 0.194. The van der Waals surface area contributed by atoms with Gasteiger partial charge in [-0.3, -0.25) is 15.1 Å². The molecule has 5 heteroatoms. The number of guanidine groups is 1. The highest BCUT2D eigenvalue weighted by Gasteiger charge is 2.47. The molecule has 2 aliphatic rings. The van der Waals surface area contributed by atoms with Crippen LogP contribution in [-0.2, 0) is 4.79 Å². The molecular formula is C7H10FN3O. The molecule has 0 unspecified atom stereocenters. The molecule has 0 aromatic carbocycles. The first-order chi connectivity index (χ1) is 5.61. The minimum atomic E-state index is -0.951. The van der Waals surface area contributed by atoms with Crippen LogP contribution >= 0.6 is 0 Å². The Kier molecular flexibility index (Phi) is 1.37. The molecule has 1 amide bonds. The van der Waals surface area contributed by atoms with Gasteiger partial charge in [-0.25, -0.2) is 4.39 Å². The van der Waals surface area contributed by atoms with Crippen LogP contribution in [0.4, 0.5) is 4.39 Å². The number of alkyl halides is 1. The zero-order valence-corrected chi connectivity index (χ0v) is 6.75. The van der Waals surface area contributed by atoms with E-state index in [-0.39, 0.29) is 24.8 Å². The number of halogens is 1. The van der Waals surface area contributed by atoms with Crippen molar-refractivity contribution in [3.05, 3.63) is 0 Å². The van der Waals surface area contributed by atoms with Gasteiger partial charge in [0, 0.05) is 13.5 Å². The number of rotatable bonds is 0. The third kappa shape index (κ3) is 0.761. The fourth-order valence-corrected chi connectivity index (χ4v) is 1.77. The largest absolute Gasteiger partial charge is 0.328 e. The van der Waals surface area contributed by atoms with Crippen molar-refractivity contribution in [2.45, 2.75) is 18.6 Å². The third-order valence-corrected chi connectivity index (χ3v) is 2.46. The lowest BCUT2D eigenvalue weighted by molar-refractivity contribution is -0.127. The van der Waals surface area contributed by atoms with Crippen LogP contribution in [0.5, 0.6) is 0 Å². The van der Waals surface area contributed by atoms with E-state index in [1.165, 1.54) is 9.80 Å². The predicted molar refractivity (Wildman–Crippen MR) is 40.5 cm³/mol. The molecule has 2 rings (SSSR count). The number of amides is 1. The van der Waals surface area contributed by atoms with E-state index in [1.807, 2.05) is 0 Å². The fraction of sp³-hybridized carbons (Fsp3) is 0.714. The molecule has 1 N–H and O–H groups in total. The summed E-state index contributed by atoms with van der Waals surface area (Å²) in [5.41, 5.74) is 0. The number of nitrogens with one attached hydrogen (secondary N) is 1. The highest BCUT2D eigenvalue weighted by atomic mass is 19.1. The summed E-state index contributed by atoms with van der Waals surface area (Å²) in [5.74, 6) is -0.0229. The van der Waals surface area contributed by atoms with Crippen molar-refractivity contribution in [2.24, 2.45) is 0 Å². The van der Waals surface area contributed by atoms with Gasteiger partial charge in [-0.1, -0.05) is 0 Å². The lowest BCUT2D eigenvalue weighted by Crippen LogP contribution is -2.32. The maximum atomic E-state index is 12.8. The molecule has 0 bridgehead atoms. The standard InChI is InChI=1S/C7H10FN3O/c1-10-6(12)5-2-4(8)3-11(5)7(10)9/h4-5,9H,2-3H2,1H3/t4-,5+/m0/s1. The highest BCUT2D eigenvalue weighted by molar-refractivity contribution is 6.05. The summed E-state index contributed by atoms with van der Waals surface area (Å²) in [5, 5.41) is 7.47. The van der Waals surface area contributed by atoms with E-state index in [0.717, 1.165) is 0 Å². The molecule has 4 nitrogen and oxygen atoms in total. The number of hydrogen-bond acceptors (Lipinski definition) is 2. The summed E-state index contributed by atoms with van der Waals surface area (Å²) in [6, 6.07) is -0.405. The molecule has 12 heavy (non-hydrogen) atoms. The molecular weight excluding hydrogens is 161 g/mol. The normalized spacial score (nSPS) is 34.8. The minimum Gasteiger partial charge on any atom is -0.328 e. The lowest BCUT2D eigenvalue weighted by atomic mass is 10.2. The molecule has 66 valence electrons. The maximum absolute atomic E-state index is 12.8. The van der Waals surface area contributed by atoms with Gasteiger partial charge in [0.1, 0.15) is 12.2 Å². The quantitative estimate of drug-likeness (QED) is 0.549. The van der Waals surface area contributed by atoms with Crippen molar-refractivity contribution in [2.75, 3.05) is 13.6 Å². The summed E-state index contributed by atoms with van der Waals surface area (Å²) in [7, 11) is 1.55. The Bertz CT molecular complexity index is 231. The molecule has 0 aromatic heterocycles. The lowest BCUT2D eigenvalue weighted by Gasteiger charge is -2.14. The number of hydrogen-bond donors (Lipinski definition) is 1. The van der Waals surface area contributed by atoms with Gasteiger partial charge in [-0.2, -0.15) is 0 Å². The van der Waals surface area contributed by atoms with E-state index in [2.05, 4.69) is 0 Å². The first kappa shape index (κ1) is 7.52. The average Bonchev–Trinajstić information content (AvgIpc) is 2.49. The summed E-state index contributed by atoms with van der Waals surface area (Å²) >= 11 is 0. The third-order valence-electron chi connectivity index (χ3n) is 2.46. The second-order valence-corrected chi connectivity index (χ2v) is 3.22. The predicted octanol–water partition coefficient (Wildman–Crippen LogP) is -0.194. The van der Waals surface area contributed by atoms with Crippen LogP contribution in [-0.4, -0.2) is 47.5 Å². The first-order valence-corrected chi connectivity index (χ1v) is 3.88. The number of fused-ring (bicyclic) bond motifs is 1. The Balaban J connectivity index is 2.27. The molecule has 2 heterocycles. The number of carbonyl (C=O) groups excluding carboxylic acids is 1. The van der Waals surface area contributed by atoms with Crippen LogP contribution in [0, 0.1) is 5.41 Å². The summed E-state index contributed by atoms with van der Waals surface area (Å²) in [4.78, 5) is 14.1. The summed E-state index contributed by atoms with van der Waals surface area (Å²) in [6.07, 6.45) is -0.709. The highest BCUT2D eigenvalue weighted by Crippen LogP contribution is 2.27. The molecule has 2 atom stereocenters. The summed E-state index contributed by atoms with van der Waals surface area (Å²) < 4.78 is 12.8. The molecule has 0 radical (unpaired) electrons. The van der Waals surface area contributed by atoms with Crippen molar-refractivity contribution in [3.8, 4) is 0 Å². The van der Waals surface area contributed by atoms with Crippen molar-refractivity contribution < 1.29 is 9.18 Å². The van der Waals surface area contributed by atoms with E-state index in [4.69, 9.17) is 5.41 Å². The number of nitrogens with zero attached hydrogens (tertiary/aromatic N) is 2. The molecule has 2 aliphatic heterocycles. The number of likely N-dealkylation sites (N-methyl/N-ethyl adjacent to an activating group) is 1. The van der Waals surface area contributed by atoms with E-state index in [1.54, 1.807) is 7.05 Å². The maximum Gasteiger partial charge on any atom is 0.251 e. The van der Waals surface area contributed by atoms with Gasteiger partial charge in [0.2, 0.25) is 5.96 Å². The average molecular weight is 171 g/mol. The van der Waals surface area contributed by atoms with Crippen molar-refractivity contribution >= 4 is 11.9 Å². The Hall–Kier alpha value is -1.13. The van der Waals surface area contributed by atoms with Gasteiger partial charge >= 0.3 is 0 Å². The van der Waals surface area contributed by atoms with Crippen LogP contribution in [0.2, 0.25) is 0 Å². The van der Waals surface area contributed by atoms with Crippen molar-refractivity contribution in [3.63, 3.8) is 0 Å². The van der Waals surface area contributed by atoms with E-state index >= 15 is 0 Å². The van der Waals surface area contributed by atoms with E-state index in [9.17, 15) is 9.18 Å². The molecule has 0 aliphatic carbocycles. The van der Waals surface area contributed by atoms with Crippen LogP contribution in [0.25, 0.3) is 0 Å². The SMILES string of the molecule is CN1C(=N)N2C[C@@H](F)C[C@@H]2C1=O. The topological polar surface area (TPSA) is 47.4 Å². The Morgan fingerprint density at radius 1 is 1.67 bits per heavy atom. The smallest absolute Gasteiger partial charge is 0.251 e.